The summed E-state index contributed by atoms with van der Waals surface area (Å²) in [5.74, 6) is -1.27. The third-order valence-electron chi connectivity index (χ3n) is 4.04. The van der Waals surface area contributed by atoms with E-state index in [0.29, 0.717) is 24.2 Å². The maximum Gasteiger partial charge on any atom is 0.326 e. The number of fused-ring (bicyclic) bond motifs is 1. The number of carboxylic acids is 1. The molecule has 1 amide bonds. The Morgan fingerprint density at radius 3 is 2.55 bits per heavy atom. The van der Waals surface area contributed by atoms with E-state index < -0.39 is 12.0 Å². The molecule has 3 rings (SSSR count). The maximum atomic E-state index is 12.8. The summed E-state index contributed by atoms with van der Waals surface area (Å²) < 4.78 is 1.57. The largest absolute Gasteiger partial charge is 0.480 e. The summed E-state index contributed by atoms with van der Waals surface area (Å²) in [7, 11) is 1.74. The number of aliphatic carboxylic acids is 1. The van der Waals surface area contributed by atoms with Crippen LogP contribution in [0.4, 0.5) is 0 Å². The first-order valence-electron chi connectivity index (χ1n) is 7.08. The van der Waals surface area contributed by atoms with Crippen molar-refractivity contribution in [1.82, 2.24) is 14.7 Å². The summed E-state index contributed by atoms with van der Waals surface area (Å²) in [4.78, 5) is 25.8. The minimum absolute atomic E-state index is 0.285. The van der Waals surface area contributed by atoms with Crippen LogP contribution >= 0.6 is 0 Å². The molecule has 1 aromatic heterocycles. The van der Waals surface area contributed by atoms with Gasteiger partial charge in [0.15, 0.2) is 0 Å². The zero-order chi connectivity index (χ0) is 15.9. The lowest BCUT2D eigenvalue weighted by Gasteiger charge is -2.34. The standard InChI is InChI=1S/C16H17N3O3/c1-10-13(9-18(2)17-10)15(20)19-8-12-6-4-3-5-11(12)7-14(19)16(21)22/h3-6,9,14H,7-8H2,1-2H3,(H,21,22)/t14-/m1/s1. The Morgan fingerprint density at radius 2 is 1.95 bits per heavy atom. The third kappa shape index (κ3) is 2.36. The molecule has 0 spiro atoms. The molecular weight excluding hydrogens is 282 g/mol. The monoisotopic (exact) mass is 299 g/mol. The molecule has 1 N–H and O–H groups in total. The highest BCUT2D eigenvalue weighted by Gasteiger charge is 2.35. The van der Waals surface area contributed by atoms with E-state index in [-0.39, 0.29) is 5.91 Å². The van der Waals surface area contributed by atoms with Gasteiger partial charge in [0.25, 0.3) is 5.91 Å². The Hall–Kier alpha value is -2.63. The van der Waals surface area contributed by atoms with Gasteiger partial charge in [-0.2, -0.15) is 5.10 Å². The molecule has 22 heavy (non-hydrogen) atoms. The Bertz CT molecular complexity index is 751. The van der Waals surface area contributed by atoms with Gasteiger partial charge in [-0.25, -0.2) is 4.79 Å². The van der Waals surface area contributed by atoms with Crippen molar-refractivity contribution in [1.29, 1.82) is 0 Å². The molecule has 0 aliphatic carbocycles. The average molecular weight is 299 g/mol. The number of nitrogens with zero attached hydrogens (tertiary/aromatic N) is 3. The molecular formula is C16H17N3O3. The molecule has 6 nitrogen and oxygen atoms in total. The highest BCUT2D eigenvalue weighted by atomic mass is 16.4. The second kappa shape index (κ2) is 5.29. The summed E-state index contributed by atoms with van der Waals surface area (Å²) in [6.45, 7) is 2.06. The number of carbonyl (C=O) groups is 2. The Kier molecular flexibility index (Phi) is 3.44. The number of aromatic nitrogens is 2. The van der Waals surface area contributed by atoms with Crippen LogP contribution in [0.15, 0.2) is 30.5 Å². The zero-order valence-corrected chi connectivity index (χ0v) is 12.5. The van der Waals surface area contributed by atoms with Crippen LogP contribution < -0.4 is 0 Å². The van der Waals surface area contributed by atoms with E-state index in [9.17, 15) is 14.7 Å². The highest BCUT2D eigenvalue weighted by Crippen LogP contribution is 2.25. The van der Waals surface area contributed by atoms with Gasteiger partial charge < -0.3 is 10.0 Å². The number of hydrogen-bond donors (Lipinski definition) is 1. The Balaban J connectivity index is 1.99. The molecule has 114 valence electrons. The predicted molar refractivity (Wildman–Crippen MR) is 79.4 cm³/mol. The molecule has 6 heteroatoms. The molecule has 0 bridgehead atoms. The molecule has 0 radical (unpaired) electrons. The topological polar surface area (TPSA) is 75.4 Å². The van der Waals surface area contributed by atoms with Crippen LogP contribution in [0.5, 0.6) is 0 Å². The van der Waals surface area contributed by atoms with E-state index in [4.69, 9.17) is 0 Å². The lowest BCUT2D eigenvalue weighted by Crippen LogP contribution is -2.48. The molecule has 2 aromatic rings. The zero-order valence-electron chi connectivity index (χ0n) is 12.5. The number of benzene rings is 1. The second-order valence-corrected chi connectivity index (χ2v) is 5.56. The summed E-state index contributed by atoms with van der Waals surface area (Å²) in [5, 5.41) is 13.7. The van der Waals surface area contributed by atoms with Gasteiger partial charge in [-0.05, 0) is 18.1 Å². The molecule has 0 fully saturated rings. The highest BCUT2D eigenvalue weighted by molar-refractivity contribution is 5.97. The molecule has 1 aliphatic rings. The van der Waals surface area contributed by atoms with Crippen molar-refractivity contribution in [2.24, 2.45) is 7.05 Å². The van der Waals surface area contributed by atoms with Gasteiger partial charge >= 0.3 is 5.97 Å². The smallest absolute Gasteiger partial charge is 0.326 e. The van der Waals surface area contributed by atoms with Crippen LogP contribution in [-0.2, 0) is 24.8 Å². The normalized spacial score (nSPS) is 17.2. The van der Waals surface area contributed by atoms with Gasteiger partial charge in [-0.15, -0.1) is 0 Å². The van der Waals surface area contributed by atoms with Gasteiger partial charge in [0.2, 0.25) is 0 Å². The van der Waals surface area contributed by atoms with Crippen molar-refractivity contribution < 1.29 is 14.7 Å². The van der Waals surface area contributed by atoms with Crippen molar-refractivity contribution in [3.8, 4) is 0 Å². The molecule has 2 heterocycles. The first-order valence-corrected chi connectivity index (χ1v) is 7.08. The molecule has 1 atom stereocenters. The van der Waals surface area contributed by atoms with Gasteiger partial charge in [0.05, 0.1) is 11.3 Å². The number of amides is 1. The number of carbonyl (C=O) groups excluding carboxylic acids is 1. The SMILES string of the molecule is Cc1nn(C)cc1C(=O)N1Cc2ccccc2C[C@@H]1C(=O)O. The molecule has 1 aromatic carbocycles. The van der Waals surface area contributed by atoms with Gasteiger partial charge in [-0.1, -0.05) is 24.3 Å². The van der Waals surface area contributed by atoms with E-state index in [1.165, 1.54) is 4.90 Å². The lowest BCUT2D eigenvalue weighted by atomic mass is 9.93. The molecule has 0 saturated heterocycles. The number of carboxylic acid groups (broad SMARTS) is 1. The van der Waals surface area contributed by atoms with Gasteiger partial charge in [-0.3, -0.25) is 9.48 Å². The van der Waals surface area contributed by atoms with Crippen LogP contribution in [0.25, 0.3) is 0 Å². The maximum absolute atomic E-state index is 12.8. The fraction of sp³-hybridized carbons (Fsp3) is 0.312. The van der Waals surface area contributed by atoms with E-state index in [0.717, 1.165) is 11.1 Å². The fourth-order valence-electron chi connectivity index (χ4n) is 2.92. The van der Waals surface area contributed by atoms with Crippen LogP contribution in [0.3, 0.4) is 0 Å². The summed E-state index contributed by atoms with van der Waals surface area (Å²) in [6.07, 6.45) is 1.97. The summed E-state index contributed by atoms with van der Waals surface area (Å²) >= 11 is 0. The summed E-state index contributed by atoms with van der Waals surface area (Å²) in [5.41, 5.74) is 3.04. The number of rotatable bonds is 2. The Morgan fingerprint density at radius 1 is 1.27 bits per heavy atom. The van der Waals surface area contributed by atoms with E-state index >= 15 is 0 Å². The van der Waals surface area contributed by atoms with Crippen molar-refractivity contribution in [3.05, 3.63) is 52.8 Å². The second-order valence-electron chi connectivity index (χ2n) is 5.56. The fourth-order valence-corrected chi connectivity index (χ4v) is 2.92. The summed E-state index contributed by atoms with van der Waals surface area (Å²) in [6, 6.07) is 6.80. The first kappa shape index (κ1) is 14.3. The molecule has 1 aliphatic heterocycles. The van der Waals surface area contributed by atoms with Crippen molar-refractivity contribution in [2.45, 2.75) is 25.9 Å². The average Bonchev–Trinajstić information content (AvgIpc) is 2.83. The van der Waals surface area contributed by atoms with E-state index in [1.54, 1.807) is 24.9 Å². The molecule has 0 unspecified atom stereocenters. The number of aryl methyl sites for hydroxylation is 2. The van der Waals surface area contributed by atoms with Gasteiger partial charge in [0, 0.05) is 26.2 Å². The third-order valence-corrected chi connectivity index (χ3v) is 4.04. The lowest BCUT2D eigenvalue weighted by molar-refractivity contribution is -0.142. The van der Waals surface area contributed by atoms with E-state index in [2.05, 4.69) is 5.10 Å². The van der Waals surface area contributed by atoms with Crippen LogP contribution in [0.2, 0.25) is 0 Å². The minimum atomic E-state index is -0.982. The van der Waals surface area contributed by atoms with Crippen LogP contribution in [-0.4, -0.2) is 37.7 Å². The van der Waals surface area contributed by atoms with E-state index in [1.807, 2.05) is 24.3 Å². The number of hydrogen-bond acceptors (Lipinski definition) is 3. The Labute approximate surface area is 128 Å². The first-order chi connectivity index (χ1) is 10.5. The van der Waals surface area contributed by atoms with Crippen molar-refractivity contribution >= 4 is 11.9 Å². The predicted octanol–water partition coefficient (Wildman–Crippen LogP) is 1.38. The van der Waals surface area contributed by atoms with Crippen LogP contribution in [0, 0.1) is 6.92 Å². The van der Waals surface area contributed by atoms with Crippen molar-refractivity contribution in [2.75, 3.05) is 0 Å². The van der Waals surface area contributed by atoms with Gasteiger partial charge in [0.1, 0.15) is 6.04 Å². The quantitative estimate of drug-likeness (QED) is 0.909. The molecule has 0 saturated carbocycles. The minimum Gasteiger partial charge on any atom is -0.480 e. The van der Waals surface area contributed by atoms with Crippen molar-refractivity contribution in [3.63, 3.8) is 0 Å². The van der Waals surface area contributed by atoms with Crippen LogP contribution in [0.1, 0.15) is 27.2 Å².